The predicted molar refractivity (Wildman–Crippen MR) is 115 cm³/mol. The van der Waals surface area contributed by atoms with Crippen LogP contribution >= 0.6 is 11.6 Å². The van der Waals surface area contributed by atoms with E-state index in [9.17, 15) is 14.4 Å². The summed E-state index contributed by atoms with van der Waals surface area (Å²) in [6.07, 6.45) is 2.65. The molecule has 0 aromatic heterocycles. The van der Waals surface area contributed by atoms with E-state index in [4.69, 9.17) is 11.6 Å². The zero-order chi connectivity index (χ0) is 21.6. The van der Waals surface area contributed by atoms with Gasteiger partial charge in [-0.2, -0.15) is 0 Å². The SMILES string of the molecule is CCN(CC(=O)NC(C)C)CC(=O)N(C)C1(c2ccccc2Cl)CCCCC1=O. The average Bonchev–Trinajstić information content (AvgIpc) is 2.67. The van der Waals surface area contributed by atoms with Gasteiger partial charge in [0.1, 0.15) is 5.54 Å². The number of likely N-dealkylation sites (N-methyl/N-ethyl adjacent to an activating group) is 2. The van der Waals surface area contributed by atoms with E-state index in [0.29, 0.717) is 30.0 Å². The summed E-state index contributed by atoms with van der Waals surface area (Å²) in [5.41, 5.74) is -0.365. The van der Waals surface area contributed by atoms with Crippen LogP contribution in [0.5, 0.6) is 0 Å². The Labute approximate surface area is 178 Å². The van der Waals surface area contributed by atoms with E-state index in [-0.39, 0.29) is 36.7 Å². The van der Waals surface area contributed by atoms with Gasteiger partial charge in [0.25, 0.3) is 0 Å². The van der Waals surface area contributed by atoms with Crippen molar-refractivity contribution in [3.8, 4) is 0 Å². The monoisotopic (exact) mass is 421 g/mol. The summed E-state index contributed by atoms with van der Waals surface area (Å²) in [7, 11) is 1.68. The number of carbonyl (C=O) groups excluding carboxylic acids is 3. The fourth-order valence-corrected chi connectivity index (χ4v) is 4.28. The highest BCUT2D eigenvalue weighted by Crippen LogP contribution is 2.42. The molecule has 2 amide bonds. The number of rotatable bonds is 8. The summed E-state index contributed by atoms with van der Waals surface area (Å²) < 4.78 is 0. The van der Waals surface area contributed by atoms with E-state index in [1.165, 1.54) is 0 Å². The first-order chi connectivity index (χ1) is 13.7. The second kappa shape index (κ2) is 10.2. The van der Waals surface area contributed by atoms with Gasteiger partial charge in [-0.15, -0.1) is 0 Å². The minimum absolute atomic E-state index is 0.0216. The minimum Gasteiger partial charge on any atom is -0.353 e. The molecule has 1 N–H and O–H groups in total. The Morgan fingerprint density at radius 1 is 1.21 bits per heavy atom. The van der Waals surface area contributed by atoms with Gasteiger partial charge in [0.15, 0.2) is 5.78 Å². The van der Waals surface area contributed by atoms with E-state index in [0.717, 1.165) is 12.8 Å². The molecule has 6 nitrogen and oxygen atoms in total. The Balaban J connectivity index is 2.26. The Hall–Kier alpha value is -1.92. The van der Waals surface area contributed by atoms with Crippen LogP contribution in [0.4, 0.5) is 0 Å². The van der Waals surface area contributed by atoms with Gasteiger partial charge in [-0.3, -0.25) is 19.3 Å². The fraction of sp³-hybridized carbons (Fsp3) is 0.591. The number of nitrogens with one attached hydrogen (secondary N) is 1. The van der Waals surface area contributed by atoms with Gasteiger partial charge >= 0.3 is 0 Å². The van der Waals surface area contributed by atoms with Gasteiger partial charge in [-0.25, -0.2) is 0 Å². The molecular formula is C22H32ClN3O3. The molecule has 1 atom stereocenters. The van der Waals surface area contributed by atoms with Gasteiger partial charge < -0.3 is 10.2 Å². The van der Waals surface area contributed by atoms with Gasteiger partial charge in [0, 0.05) is 30.1 Å². The summed E-state index contributed by atoms with van der Waals surface area (Å²) in [6.45, 7) is 6.47. The minimum atomic E-state index is -1.05. The van der Waals surface area contributed by atoms with E-state index in [1.54, 1.807) is 22.9 Å². The quantitative estimate of drug-likeness (QED) is 0.700. The highest BCUT2D eigenvalue weighted by molar-refractivity contribution is 6.31. The van der Waals surface area contributed by atoms with Crippen molar-refractivity contribution in [3.05, 3.63) is 34.9 Å². The Bertz CT molecular complexity index is 753. The van der Waals surface area contributed by atoms with Gasteiger partial charge in [0.2, 0.25) is 11.8 Å². The van der Waals surface area contributed by atoms with Crippen LogP contribution in [0.2, 0.25) is 5.02 Å². The molecule has 2 rings (SSSR count). The van der Waals surface area contributed by atoms with E-state index >= 15 is 0 Å². The smallest absolute Gasteiger partial charge is 0.237 e. The molecule has 1 unspecified atom stereocenters. The van der Waals surface area contributed by atoms with Crippen molar-refractivity contribution in [2.75, 3.05) is 26.7 Å². The number of amides is 2. The van der Waals surface area contributed by atoms with Crippen molar-refractivity contribution < 1.29 is 14.4 Å². The first kappa shape index (κ1) is 23.4. The third-order valence-electron chi connectivity index (χ3n) is 5.54. The second-order valence-electron chi connectivity index (χ2n) is 7.95. The largest absolute Gasteiger partial charge is 0.353 e. The normalized spacial score (nSPS) is 19.5. The lowest BCUT2D eigenvalue weighted by Gasteiger charge is -2.44. The Kier molecular flexibility index (Phi) is 8.23. The molecule has 0 spiro atoms. The van der Waals surface area contributed by atoms with Crippen LogP contribution in [0.1, 0.15) is 52.0 Å². The average molecular weight is 422 g/mol. The molecule has 1 aromatic rings. The number of benzene rings is 1. The number of hydrogen-bond acceptors (Lipinski definition) is 4. The molecule has 0 aliphatic heterocycles. The number of nitrogens with zero attached hydrogens (tertiary/aromatic N) is 2. The summed E-state index contributed by atoms with van der Waals surface area (Å²) >= 11 is 6.46. The van der Waals surface area contributed by atoms with Gasteiger partial charge in [-0.1, -0.05) is 36.7 Å². The lowest BCUT2D eigenvalue weighted by Crippen LogP contribution is -2.56. The maximum Gasteiger partial charge on any atom is 0.237 e. The Morgan fingerprint density at radius 2 is 1.90 bits per heavy atom. The van der Waals surface area contributed by atoms with Crippen molar-refractivity contribution in [3.63, 3.8) is 0 Å². The molecule has 0 bridgehead atoms. The standard InChI is InChI=1S/C22H32ClN3O3/c1-5-26(14-20(28)24-16(2)3)15-21(29)25(4)22(13-9-8-12-19(22)27)17-10-6-7-11-18(17)23/h6-7,10-11,16H,5,8-9,12-15H2,1-4H3,(H,24,28). The van der Waals surface area contributed by atoms with Crippen molar-refractivity contribution in [2.45, 2.75) is 58.0 Å². The zero-order valence-electron chi connectivity index (χ0n) is 17.8. The molecule has 1 aromatic carbocycles. The van der Waals surface area contributed by atoms with Crippen molar-refractivity contribution in [1.29, 1.82) is 0 Å². The molecule has 0 radical (unpaired) electrons. The molecule has 1 aliphatic carbocycles. The summed E-state index contributed by atoms with van der Waals surface area (Å²) in [4.78, 5) is 41.8. The van der Waals surface area contributed by atoms with Crippen LogP contribution in [0, 0.1) is 0 Å². The van der Waals surface area contributed by atoms with Crippen LogP contribution in [-0.4, -0.2) is 60.1 Å². The topological polar surface area (TPSA) is 69.7 Å². The van der Waals surface area contributed by atoms with Crippen LogP contribution in [0.3, 0.4) is 0 Å². The van der Waals surface area contributed by atoms with Gasteiger partial charge in [-0.05, 0) is 45.7 Å². The van der Waals surface area contributed by atoms with Crippen LogP contribution in [0.25, 0.3) is 0 Å². The maximum atomic E-state index is 13.2. The summed E-state index contributed by atoms with van der Waals surface area (Å²) in [5.74, 6) is -0.292. The van der Waals surface area contributed by atoms with Crippen LogP contribution in [-0.2, 0) is 19.9 Å². The van der Waals surface area contributed by atoms with E-state index in [1.807, 2.05) is 39.0 Å². The molecule has 1 aliphatic rings. The highest BCUT2D eigenvalue weighted by Gasteiger charge is 2.47. The van der Waals surface area contributed by atoms with Crippen molar-refractivity contribution >= 4 is 29.2 Å². The van der Waals surface area contributed by atoms with E-state index < -0.39 is 5.54 Å². The summed E-state index contributed by atoms with van der Waals surface area (Å²) in [6, 6.07) is 7.30. The highest BCUT2D eigenvalue weighted by atomic mass is 35.5. The number of carbonyl (C=O) groups is 3. The molecule has 0 heterocycles. The number of hydrogen-bond donors (Lipinski definition) is 1. The molecular weight excluding hydrogens is 390 g/mol. The first-order valence-electron chi connectivity index (χ1n) is 10.3. The summed E-state index contributed by atoms with van der Waals surface area (Å²) in [5, 5.41) is 3.34. The molecule has 160 valence electrons. The second-order valence-corrected chi connectivity index (χ2v) is 8.36. The Morgan fingerprint density at radius 3 is 2.48 bits per heavy atom. The van der Waals surface area contributed by atoms with Crippen LogP contribution < -0.4 is 5.32 Å². The van der Waals surface area contributed by atoms with E-state index in [2.05, 4.69) is 5.32 Å². The fourth-order valence-electron chi connectivity index (χ4n) is 3.99. The third-order valence-corrected chi connectivity index (χ3v) is 5.87. The number of Topliss-reactive ketones (excluding diaryl/α,β-unsaturated/α-hetero) is 1. The maximum absolute atomic E-state index is 13.2. The first-order valence-corrected chi connectivity index (χ1v) is 10.7. The lowest BCUT2D eigenvalue weighted by atomic mass is 9.74. The molecule has 1 saturated carbocycles. The lowest BCUT2D eigenvalue weighted by molar-refractivity contribution is -0.149. The third kappa shape index (κ3) is 5.37. The van der Waals surface area contributed by atoms with Crippen molar-refractivity contribution in [1.82, 2.24) is 15.1 Å². The molecule has 0 saturated heterocycles. The van der Waals surface area contributed by atoms with Gasteiger partial charge in [0.05, 0.1) is 13.1 Å². The predicted octanol–water partition coefficient (Wildman–Crippen LogP) is 2.98. The zero-order valence-corrected chi connectivity index (χ0v) is 18.6. The van der Waals surface area contributed by atoms with Crippen LogP contribution in [0.15, 0.2) is 24.3 Å². The molecule has 7 heteroatoms. The number of ketones is 1. The van der Waals surface area contributed by atoms with Crippen molar-refractivity contribution in [2.24, 2.45) is 0 Å². The molecule has 1 fully saturated rings. The molecule has 29 heavy (non-hydrogen) atoms. The number of halogens is 1.